The van der Waals surface area contributed by atoms with Crippen LogP contribution in [0.2, 0.25) is 0 Å². The third-order valence-electron chi connectivity index (χ3n) is 2.72. The van der Waals surface area contributed by atoms with Crippen LogP contribution in [0.5, 0.6) is 0 Å². The first kappa shape index (κ1) is 9.68. The van der Waals surface area contributed by atoms with Gasteiger partial charge in [0.2, 0.25) is 0 Å². The molecule has 1 aromatic heterocycles. The molecule has 1 aliphatic heterocycles. The van der Waals surface area contributed by atoms with Gasteiger partial charge in [0.15, 0.2) is 0 Å². The molecule has 1 fully saturated rings. The maximum atomic E-state index is 3.95. The van der Waals surface area contributed by atoms with Gasteiger partial charge in [0, 0.05) is 38.4 Å². The molecule has 4 nitrogen and oxygen atoms in total. The van der Waals surface area contributed by atoms with Crippen LogP contribution in [0.3, 0.4) is 0 Å². The van der Waals surface area contributed by atoms with Crippen molar-refractivity contribution in [3.8, 4) is 0 Å². The van der Waals surface area contributed by atoms with E-state index in [0.717, 1.165) is 26.1 Å². The molecule has 4 heteroatoms. The van der Waals surface area contributed by atoms with Crippen molar-refractivity contribution in [1.82, 2.24) is 20.4 Å². The van der Waals surface area contributed by atoms with Gasteiger partial charge >= 0.3 is 0 Å². The standard InChI is InChI=1S/C10H18N4/c1-9-8-14(5-3-11-9)4-2-10-6-12-13-7-10/h6-7,9,11H,2-5,8H2,1H3,(H,12,13). The van der Waals surface area contributed by atoms with Crippen LogP contribution in [-0.2, 0) is 6.42 Å². The minimum absolute atomic E-state index is 0.632. The van der Waals surface area contributed by atoms with E-state index in [1.54, 1.807) is 0 Å². The molecule has 1 atom stereocenters. The second-order valence-corrected chi connectivity index (χ2v) is 4.01. The van der Waals surface area contributed by atoms with Crippen molar-refractivity contribution in [2.75, 3.05) is 26.2 Å². The van der Waals surface area contributed by atoms with Crippen LogP contribution in [0.1, 0.15) is 12.5 Å². The normalized spacial score (nSPS) is 23.9. The van der Waals surface area contributed by atoms with E-state index in [4.69, 9.17) is 0 Å². The fraction of sp³-hybridized carbons (Fsp3) is 0.700. The van der Waals surface area contributed by atoms with Gasteiger partial charge in [-0.1, -0.05) is 0 Å². The lowest BCUT2D eigenvalue weighted by atomic mass is 10.2. The quantitative estimate of drug-likeness (QED) is 0.725. The smallest absolute Gasteiger partial charge is 0.0519 e. The number of hydrogen-bond acceptors (Lipinski definition) is 3. The molecule has 1 aromatic rings. The summed E-state index contributed by atoms with van der Waals surface area (Å²) in [5, 5.41) is 10.2. The zero-order valence-corrected chi connectivity index (χ0v) is 8.66. The highest BCUT2D eigenvalue weighted by Gasteiger charge is 2.14. The fourth-order valence-corrected chi connectivity index (χ4v) is 1.92. The second kappa shape index (κ2) is 4.57. The number of aromatic amines is 1. The zero-order chi connectivity index (χ0) is 9.80. The van der Waals surface area contributed by atoms with Crippen LogP contribution in [0.25, 0.3) is 0 Å². The zero-order valence-electron chi connectivity index (χ0n) is 8.66. The third-order valence-corrected chi connectivity index (χ3v) is 2.72. The number of H-pyrrole nitrogens is 1. The molecular formula is C10H18N4. The molecule has 0 aliphatic carbocycles. The monoisotopic (exact) mass is 194 g/mol. The third kappa shape index (κ3) is 2.56. The van der Waals surface area contributed by atoms with E-state index in [-0.39, 0.29) is 0 Å². The van der Waals surface area contributed by atoms with Gasteiger partial charge < -0.3 is 10.2 Å². The van der Waals surface area contributed by atoms with Crippen LogP contribution in [0, 0.1) is 0 Å². The van der Waals surface area contributed by atoms with E-state index >= 15 is 0 Å². The predicted molar refractivity (Wildman–Crippen MR) is 56.2 cm³/mol. The molecule has 0 saturated carbocycles. The minimum Gasteiger partial charge on any atom is -0.312 e. The molecular weight excluding hydrogens is 176 g/mol. The van der Waals surface area contributed by atoms with Gasteiger partial charge in [0.1, 0.15) is 0 Å². The summed E-state index contributed by atoms with van der Waals surface area (Å²) in [5.41, 5.74) is 1.30. The summed E-state index contributed by atoms with van der Waals surface area (Å²) in [4.78, 5) is 2.51. The molecule has 14 heavy (non-hydrogen) atoms. The molecule has 0 radical (unpaired) electrons. The molecule has 2 rings (SSSR count). The Balaban J connectivity index is 1.75. The Bertz CT molecular complexity index is 257. The summed E-state index contributed by atoms with van der Waals surface area (Å²) < 4.78 is 0. The van der Waals surface area contributed by atoms with E-state index in [2.05, 4.69) is 27.3 Å². The summed E-state index contributed by atoms with van der Waals surface area (Å²) in [6.07, 6.45) is 4.99. The Kier molecular flexibility index (Phi) is 3.16. The minimum atomic E-state index is 0.632. The van der Waals surface area contributed by atoms with E-state index in [1.165, 1.54) is 12.1 Å². The number of nitrogens with zero attached hydrogens (tertiary/aromatic N) is 2. The first-order chi connectivity index (χ1) is 6.84. The summed E-state index contributed by atoms with van der Waals surface area (Å²) in [5.74, 6) is 0. The summed E-state index contributed by atoms with van der Waals surface area (Å²) in [6.45, 7) is 6.84. The molecule has 2 N–H and O–H groups in total. The lowest BCUT2D eigenvalue weighted by Crippen LogP contribution is -2.49. The Morgan fingerprint density at radius 3 is 3.29 bits per heavy atom. The van der Waals surface area contributed by atoms with E-state index in [0.29, 0.717) is 6.04 Å². The number of piperazine rings is 1. The maximum Gasteiger partial charge on any atom is 0.0519 e. The molecule has 0 aromatic carbocycles. The van der Waals surface area contributed by atoms with Gasteiger partial charge in [-0.3, -0.25) is 5.10 Å². The lowest BCUT2D eigenvalue weighted by Gasteiger charge is -2.31. The van der Waals surface area contributed by atoms with E-state index in [9.17, 15) is 0 Å². The Morgan fingerprint density at radius 1 is 1.64 bits per heavy atom. The van der Waals surface area contributed by atoms with Crippen molar-refractivity contribution < 1.29 is 0 Å². The van der Waals surface area contributed by atoms with Crippen LogP contribution in [0.15, 0.2) is 12.4 Å². The number of nitrogens with one attached hydrogen (secondary N) is 2. The molecule has 78 valence electrons. The van der Waals surface area contributed by atoms with Gasteiger partial charge in [-0.05, 0) is 18.9 Å². The van der Waals surface area contributed by atoms with Crippen molar-refractivity contribution in [2.45, 2.75) is 19.4 Å². The molecule has 0 spiro atoms. The van der Waals surface area contributed by atoms with Gasteiger partial charge in [0.05, 0.1) is 6.20 Å². The Morgan fingerprint density at radius 2 is 2.57 bits per heavy atom. The number of rotatable bonds is 3. The molecule has 0 bridgehead atoms. The van der Waals surface area contributed by atoms with Crippen molar-refractivity contribution >= 4 is 0 Å². The highest BCUT2D eigenvalue weighted by molar-refractivity contribution is 5.02. The van der Waals surface area contributed by atoms with E-state index in [1.807, 2.05) is 12.4 Å². The van der Waals surface area contributed by atoms with E-state index < -0.39 is 0 Å². The molecule has 1 saturated heterocycles. The SMILES string of the molecule is CC1CN(CCc2cn[nH]c2)CCN1. The summed E-state index contributed by atoms with van der Waals surface area (Å²) >= 11 is 0. The lowest BCUT2D eigenvalue weighted by molar-refractivity contribution is 0.209. The Hall–Kier alpha value is -0.870. The van der Waals surface area contributed by atoms with Crippen LogP contribution in [0.4, 0.5) is 0 Å². The predicted octanol–water partition coefficient (Wildman–Crippen LogP) is 0.246. The Labute approximate surface area is 84.7 Å². The number of aromatic nitrogens is 2. The van der Waals surface area contributed by atoms with Gasteiger partial charge in [-0.15, -0.1) is 0 Å². The number of hydrogen-bond donors (Lipinski definition) is 2. The van der Waals surface area contributed by atoms with Gasteiger partial charge in [-0.25, -0.2) is 0 Å². The second-order valence-electron chi connectivity index (χ2n) is 4.01. The van der Waals surface area contributed by atoms with Crippen molar-refractivity contribution in [2.24, 2.45) is 0 Å². The first-order valence-electron chi connectivity index (χ1n) is 5.28. The largest absolute Gasteiger partial charge is 0.312 e. The van der Waals surface area contributed by atoms with Crippen molar-refractivity contribution in [3.63, 3.8) is 0 Å². The van der Waals surface area contributed by atoms with Crippen molar-refractivity contribution in [3.05, 3.63) is 18.0 Å². The van der Waals surface area contributed by atoms with Gasteiger partial charge in [0.25, 0.3) is 0 Å². The average Bonchev–Trinajstić information content (AvgIpc) is 2.67. The average molecular weight is 194 g/mol. The first-order valence-corrected chi connectivity index (χ1v) is 5.28. The van der Waals surface area contributed by atoms with Crippen molar-refractivity contribution in [1.29, 1.82) is 0 Å². The molecule has 0 amide bonds. The van der Waals surface area contributed by atoms with Crippen LogP contribution < -0.4 is 5.32 Å². The van der Waals surface area contributed by atoms with Gasteiger partial charge in [-0.2, -0.15) is 5.10 Å². The highest BCUT2D eigenvalue weighted by atomic mass is 15.2. The summed E-state index contributed by atoms with van der Waals surface area (Å²) in [7, 11) is 0. The van der Waals surface area contributed by atoms with Crippen LogP contribution >= 0.6 is 0 Å². The molecule has 1 unspecified atom stereocenters. The maximum absolute atomic E-state index is 3.95. The molecule has 1 aliphatic rings. The van der Waals surface area contributed by atoms with Crippen LogP contribution in [-0.4, -0.2) is 47.3 Å². The summed E-state index contributed by atoms with van der Waals surface area (Å²) in [6, 6.07) is 0.632. The highest BCUT2D eigenvalue weighted by Crippen LogP contribution is 2.02. The fourth-order valence-electron chi connectivity index (χ4n) is 1.92. The topological polar surface area (TPSA) is 44.0 Å². The molecule has 2 heterocycles.